The Bertz CT molecular complexity index is 1810. The maximum atomic E-state index is 12.2. The lowest BCUT2D eigenvalue weighted by atomic mass is 10.1. The van der Waals surface area contributed by atoms with Crippen LogP contribution in [0.1, 0.15) is 117 Å². The molecule has 0 spiro atoms. The number of rotatable bonds is 44. The summed E-state index contributed by atoms with van der Waals surface area (Å²) in [6, 6.07) is 0. The van der Waals surface area contributed by atoms with Gasteiger partial charge in [0.05, 0.1) is 26.4 Å². The lowest BCUT2D eigenvalue weighted by molar-refractivity contribution is -0.148. The number of esters is 2. The molecule has 0 fully saturated rings. The second-order valence-electron chi connectivity index (χ2n) is 15.5. The third-order valence-electron chi connectivity index (χ3n) is 8.95. The number of hydrogen-bond acceptors (Lipinski definition) is 13. The summed E-state index contributed by atoms with van der Waals surface area (Å²) in [5, 5.41) is 30.0. The molecule has 0 aliphatic rings. The maximum absolute atomic E-state index is 12.2. The van der Waals surface area contributed by atoms with E-state index in [0.717, 1.165) is 77.0 Å². The normalized spacial score (nSPS) is 16.2. The molecule has 0 saturated carbocycles. The number of ether oxygens (including phenoxy) is 2. The SMILES string of the molecule is CC\C=C/C=C/C=C/C=C\C=C\C=C\CCCCCC(=O)OCC(O)COP(=O)(O)OCC(O)COP(=O)(O)OCC(O)COC(=O)CCCC/C=C\C/C=C\C/C=C\C/C=C\C/C=C\C/C=C\CC. The van der Waals surface area contributed by atoms with E-state index < -0.39 is 85.5 Å². The molecular formula is C53H82O15P2. The second kappa shape index (κ2) is 47.3. The van der Waals surface area contributed by atoms with Gasteiger partial charge >= 0.3 is 27.6 Å². The van der Waals surface area contributed by atoms with Crippen molar-refractivity contribution >= 4 is 27.6 Å². The Kier molecular flexibility index (Phi) is 44.5. The Labute approximate surface area is 418 Å². The molecule has 0 aliphatic heterocycles. The Morgan fingerprint density at radius 2 is 0.686 bits per heavy atom. The zero-order valence-electron chi connectivity index (χ0n) is 41.4. The summed E-state index contributed by atoms with van der Waals surface area (Å²) in [4.78, 5) is 43.8. The Hall–Kier alpha value is -4.08. The Morgan fingerprint density at radius 3 is 1.09 bits per heavy atom. The fraction of sp³-hybridized carbons (Fsp3) is 0.509. The lowest BCUT2D eigenvalue weighted by Crippen LogP contribution is -2.25. The van der Waals surface area contributed by atoms with Crippen LogP contribution in [0.3, 0.4) is 0 Å². The molecule has 70 heavy (non-hydrogen) atoms. The Balaban J connectivity index is 4.02. The van der Waals surface area contributed by atoms with Crippen LogP contribution in [0, 0.1) is 0 Å². The highest BCUT2D eigenvalue weighted by Gasteiger charge is 2.28. The molecule has 0 saturated heterocycles. The molecule has 0 radical (unpaired) electrons. The Morgan fingerprint density at radius 1 is 0.386 bits per heavy atom. The maximum Gasteiger partial charge on any atom is 0.472 e. The minimum absolute atomic E-state index is 0.132. The van der Waals surface area contributed by atoms with Gasteiger partial charge in [-0.25, -0.2) is 9.13 Å². The van der Waals surface area contributed by atoms with Crippen molar-refractivity contribution < 1.29 is 71.4 Å². The van der Waals surface area contributed by atoms with Crippen molar-refractivity contribution in [1.29, 1.82) is 0 Å². The van der Waals surface area contributed by atoms with E-state index in [1.165, 1.54) is 0 Å². The second-order valence-corrected chi connectivity index (χ2v) is 18.4. The van der Waals surface area contributed by atoms with Gasteiger partial charge in [-0.1, -0.05) is 166 Å². The standard InChI is InChI=1S/C53H82O15P2/c1-3-5-7-9-11-13-15-17-19-21-22-23-24-26-28-30-32-34-36-38-40-42-53(58)64-44-50(55)46-66-70(61,62)68-48-51(56)47-67-69(59,60)65-45-49(54)43-63-52(57)41-39-37-35-33-31-29-27-25-20-18-16-14-12-10-8-6-4-2/h5-8,10-14,16-20,22-23,25-29,31-32,34,49-51,54-56H,3-4,9,15,21,24,30,33,35-48H2,1-2H3,(H,59,60)(H,61,62)/b7-5-,8-6-,12-10+,13-11-,16-14+,19-17-,20-18-,23-22-,27-25+,28-26-,31-29+,34-32-. The van der Waals surface area contributed by atoms with Gasteiger partial charge in [-0.15, -0.1) is 0 Å². The average molecular weight is 1020 g/mol. The van der Waals surface area contributed by atoms with Crippen LogP contribution in [-0.2, 0) is 46.3 Å². The molecule has 0 aromatic heterocycles. The fourth-order valence-electron chi connectivity index (χ4n) is 5.24. The monoisotopic (exact) mass is 1020 g/mol. The van der Waals surface area contributed by atoms with Crippen LogP contribution >= 0.6 is 15.6 Å². The molecule has 5 N–H and O–H groups in total. The zero-order valence-corrected chi connectivity index (χ0v) is 43.1. The molecule has 17 heteroatoms. The minimum Gasteiger partial charge on any atom is -0.463 e. The van der Waals surface area contributed by atoms with Crippen molar-refractivity contribution in [3.63, 3.8) is 0 Å². The zero-order chi connectivity index (χ0) is 51.7. The van der Waals surface area contributed by atoms with Crippen LogP contribution in [-0.4, -0.2) is 95.0 Å². The number of unbranched alkanes of at least 4 members (excludes halogenated alkanes) is 5. The van der Waals surface area contributed by atoms with Gasteiger partial charge < -0.3 is 34.6 Å². The van der Waals surface area contributed by atoms with Gasteiger partial charge in [-0.05, 0) is 83.5 Å². The highest BCUT2D eigenvalue weighted by Crippen LogP contribution is 2.45. The largest absolute Gasteiger partial charge is 0.472 e. The van der Waals surface area contributed by atoms with E-state index in [-0.39, 0.29) is 12.8 Å². The van der Waals surface area contributed by atoms with E-state index >= 15 is 0 Å². The highest BCUT2D eigenvalue weighted by atomic mass is 31.2. The number of carbonyl (C=O) groups excluding carboxylic acids is 2. The van der Waals surface area contributed by atoms with Crippen LogP contribution < -0.4 is 0 Å². The van der Waals surface area contributed by atoms with Gasteiger partial charge in [0.15, 0.2) is 0 Å². The van der Waals surface area contributed by atoms with Crippen molar-refractivity contribution in [2.24, 2.45) is 0 Å². The van der Waals surface area contributed by atoms with Crippen molar-refractivity contribution in [1.82, 2.24) is 0 Å². The van der Waals surface area contributed by atoms with E-state index in [1.807, 2.05) is 66.8 Å². The number of phosphoric acid groups is 2. The van der Waals surface area contributed by atoms with E-state index in [2.05, 4.69) is 111 Å². The first-order valence-electron chi connectivity index (χ1n) is 24.3. The summed E-state index contributed by atoms with van der Waals surface area (Å²) >= 11 is 0. The number of aliphatic hydroxyl groups is 3. The summed E-state index contributed by atoms with van der Waals surface area (Å²) in [5.74, 6) is -1.09. The molecule has 0 bridgehead atoms. The molecule has 0 rings (SSSR count). The number of aliphatic hydroxyl groups excluding tert-OH is 3. The molecule has 5 unspecified atom stereocenters. The summed E-state index contributed by atoms with van der Waals surface area (Å²) in [6.45, 7) is 0.00183. The quantitative estimate of drug-likeness (QED) is 0.0126. The molecule has 0 aromatic carbocycles. The van der Waals surface area contributed by atoms with Gasteiger partial charge in [0.2, 0.25) is 0 Å². The predicted molar refractivity (Wildman–Crippen MR) is 278 cm³/mol. The van der Waals surface area contributed by atoms with Crippen LogP contribution in [0.2, 0.25) is 0 Å². The van der Waals surface area contributed by atoms with Crippen molar-refractivity contribution in [3.8, 4) is 0 Å². The van der Waals surface area contributed by atoms with E-state index in [1.54, 1.807) is 0 Å². The highest BCUT2D eigenvalue weighted by molar-refractivity contribution is 7.47. The lowest BCUT2D eigenvalue weighted by Gasteiger charge is -2.19. The summed E-state index contributed by atoms with van der Waals surface area (Å²) in [7, 11) is -9.62. The molecule has 0 heterocycles. The van der Waals surface area contributed by atoms with E-state index in [4.69, 9.17) is 9.47 Å². The van der Waals surface area contributed by atoms with Crippen molar-refractivity contribution in [2.45, 2.75) is 135 Å². The van der Waals surface area contributed by atoms with E-state index in [0.29, 0.717) is 12.8 Å². The number of phosphoric ester groups is 2. The average Bonchev–Trinajstić information content (AvgIpc) is 3.34. The summed E-state index contributed by atoms with van der Waals surface area (Å²) < 4.78 is 52.9. The van der Waals surface area contributed by atoms with Crippen LogP contribution in [0.25, 0.3) is 0 Å². The fourth-order valence-corrected chi connectivity index (χ4v) is 6.84. The van der Waals surface area contributed by atoms with Crippen LogP contribution in [0.4, 0.5) is 0 Å². The minimum atomic E-state index is -4.81. The molecule has 0 aliphatic carbocycles. The third-order valence-corrected chi connectivity index (χ3v) is 10.9. The molecule has 394 valence electrons. The topological polar surface area (TPSA) is 225 Å². The molecular weight excluding hydrogens is 939 g/mol. The van der Waals surface area contributed by atoms with Crippen molar-refractivity contribution in [2.75, 3.05) is 39.6 Å². The molecule has 0 amide bonds. The van der Waals surface area contributed by atoms with Gasteiger partial charge in [0.1, 0.15) is 31.5 Å². The summed E-state index contributed by atoms with van der Waals surface area (Å²) in [6.07, 6.45) is 56.9. The first-order chi connectivity index (χ1) is 33.8. The number of allylic oxidation sites excluding steroid dienone is 24. The van der Waals surface area contributed by atoms with Gasteiger partial charge in [-0.2, -0.15) is 0 Å². The smallest absolute Gasteiger partial charge is 0.463 e. The summed E-state index contributed by atoms with van der Waals surface area (Å²) in [5.41, 5.74) is 0. The van der Waals surface area contributed by atoms with E-state index in [9.17, 15) is 43.8 Å². The first kappa shape index (κ1) is 65.9. The van der Waals surface area contributed by atoms with Crippen LogP contribution in [0.15, 0.2) is 146 Å². The van der Waals surface area contributed by atoms with Gasteiger partial charge in [0.25, 0.3) is 0 Å². The molecule has 0 aromatic rings. The molecule has 5 atom stereocenters. The first-order valence-corrected chi connectivity index (χ1v) is 27.3. The van der Waals surface area contributed by atoms with Crippen molar-refractivity contribution in [3.05, 3.63) is 146 Å². The number of hydrogen-bond donors (Lipinski definition) is 5. The van der Waals surface area contributed by atoms with Gasteiger partial charge in [0, 0.05) is 12.8 Å². The number of carbonyl (C=O) groups is 2. The third kappa shape index (κ3) is 48.9. The predicted octanol–water partition coefficient (Wildman–Crippen LogP) is 11.4. The molecule has 15 nitrogen and oxygen atoms in total. The van der Waals surface area contributed by atoms with Gasteiger partial charge in [-0.3, -0.25) is 27.7 Å². The van der Waals surface area contributed by atoms with Crippen LogP contribution in [0.5, 0.6) is 0 Å².